The van der Waals surface area contributed by atoms with Gasteiger partial charge >= 0.3 is 0 Å². The van der Waals surface area contributed by atoms with E-state index in [1.165, 1.54) is 22.3 Å². The van der Waals surface area contributed by atoms with Crippen molar-refractivity contribution < 1.29 is 9.32 Å². The minimum atomic E-state index is -0.265. The average molecular weight is 345 g/mol. The molecule has 0 bridgehead atoms. The number of amides is 1. The predicted molar refractivity (Wildman–Crippen MR) is 92.2 cm³/mol. The molecule has 8 nitrogen and oxygen atoms in total. The van der Waals surface area contributed by atoms with Crippen LogP contribution in [-0.4, -0.2) is 45.9 Å². The van der Waals surface area contributed by atoms with Crippen molar-refractivity contribution in [2.45, 2.75) is 38.8 Å². The van der Waals surface area contributed by atoms with Crippen molar-refractivity contribution in [3.8, 4) is 0 Å². The summed E-state index contributed by atoms with van der Waals surface area (Å²) in [5.74, 6) is -0.212. The van der Waals surface area contributed by atoms with Crippen LogP contribution in [0.3, 0.4) is 0 Å². The molecule has 0 aliphatic carbocycles. The van der Waals surface area contributed by atoms with Gasteiger partial charge in [0.1, 0.15) is 18.5 Å². The zero-order valence-corrected chi connectivity index (χ0v) is 14.6. The average Bonchev–Trinajstić information content (AvgIpc) is 3.17. The van der Waals surface area contributed by atoms with Crippen LogP contribution in [0.1, 0.15) is 37.9 Å². The van der Waals surface area contributed by atoms with Gasteiger partial charge in [-0.05, 0) is 26.2 Å². The van der Waals surface area contributed by atoms with E-state index in [-0.39, 0.29) is 24.1 Å². The second-order valence-corrected chi connectivity index (χ2v) is 6.36. The highest BCUT2D eigenvalue weighted by molar-refractivity contribution is 5.76. The van der Waals surface area contributed by atoms with Crippen LogP contribution in [0.5, 0.6) is 0 Å². The lowest BCUT2D eigenvalue weighted by Crippen LogP contribution is -2.37. The second kappa shape index (κ2) is 7.50. The van der Waals surface area contributed by atoms with Crippen molar-refractivity contribution in [3.05, 3.63) is 40.6 Å². The lowest BCUT2D eigenvalue weighted by atomic mass is 10.1. The molecule has 0 saturated carbocycles. The number of hydrogen-bond donors (Lipinski definition) is 0. The molecule has 8 heteroatoms. The lowest BCUT2D eigenvalue weighted by Gasteiger charge is -2.28. The molecule has 2 aromatic heterocycles. The van der Waals surface area contributed by atoms with E-state index >= 15 is 0 Å². The number of carbonyl (C=O) groups is 1. The first kappa shape index (κ1) is 17.2. The van der Waals surface area contributed by atoms with Gasteiger partial charge in [0.2, 0.25) is 5.91 Å². The molecule has 0 spiro atoms. The maximum Gasteiger partial charge on any atom is 0.269 e. The fourth-order valence-corrected chi connectivity index (χ4v) is 2.96. The Hall–Kier alpha value is -2.64. The van der Waals surface area contributed by atoms with Gasteiger partial charge in [0.25, 0.3) is 5.56 Å². The molecule has 0 radical (unpaired) electrons. The summed E-state index contributed by atoms with van der Waals surface area (Å²) in [7, 11) is 1.68. The lowest BCUT2D eigenvalue weighted by molar-refractivity contribution is -0.132. The van der Waals surface area contributed by atoms with Crippen molar-refractivity contribution in [1.82, 2.24) is 19.8 Å². The van der Waals surface area contributed by atoms with E-state index in [1.807, 2.05) is 6.92 Å². The molecule has 0 unspecified atom stereocenters. The van der Waals surface area contributed by atoms with E-state index < -0.39 is 0 Å². The van der Waals surface area contributed by atoms with Crippen LogP contribution in [0.25, 0.3) is 0 Å². The molecule has 1 aliphatic rings. The van der Waals surface area contributed by atoms with Gasteiger partial charge in [-0.1, -0.05) is 5.16 Å². The van der Waals surface area contributed by atoms with E-state index in [0.29, 0.717) is 5.69 Å². The molecule has 3 heterocycles. The van der Waals surface area contributed by atoms with Gasteiger partial charge in [-0.25, -0.2) is 4.68 Å². The van der Waals surface area contributed by atoms with Gasteiger partial charge in [0, 0.05) is 32.3 Å². The summed E-state index contributed by atoms with van der Waals surface area (Å²) in [5.41, 5.74) is 1.23. The standard InChI is InChI=1S/C17H23N5O3/c1-13(15-6-9-25-19-15)20(2)17(24)12-22-16(23)10-14(11-18-22)21-7-4-3-5-8-21/h6,9-11,13H,3-5,7-8,12H2,1-2H3/t13-/m1/s1. The summed E-state index contributed by atoms with van der Waals surface area (Å²) in [6.45, 7) is 3.65. The van der Waals surface area contributed by atoms with Crippen molar-refractivity contribution in [3.63, 3.8) is 0 Å². The topological polar surface area (TPSA) is 84.5 Å². The molecule has 134 valence electrons. The monoisotopic (exact) mass is 345 g/mol. The summed E-state index contributed by atoms with van der Waals surface area (Å²) in [4.78, 5) is 28.5. The molecule has 1 aliphatic heterocycles. The van der Waals surface area contributed by atoms with E-state index in [4.69, 9.17) is 4.52 Å². The number of anilines is 1. The highest BCUT2D eigenvalue weighted by atomic mass is 16.5. The van der Waals surface area contributed by atoms with Crippen LogP contribution < -0.4 is 10.5 Å². The summed E-state index contributed by atoms with van der Waals surface area (Å²) in [5, 5.41) is 8.03. The number of carbonyl (C=O) groups excluding carboxylic acids is 1. The molecule has 0 aromatic carbocycles. The Labute approximate surface area is 146 Å². The van der Waals surface area contributed by atoms with Crippen molar-refractivity contribution in [2.75, 3.05) is 25.0 Å². The van der Waals surface area contributed by atoms with Crippen LogP contribution in [0, 0.1) is 0 Å². The van der Waals surface area contributed by atoms with Crippen molar-refractivity contribution >= 4 is 11.6 Å². The fourth-order valence-electron chi connectivity index (χ4n) is 2.96. The van der Waals surface area contributed by atoms with Crippen LogP contribution in [0.15, 0.2) is 33.9 Å². The molecule has 2 aromatic rings. The number of nitrogens with zero attached hydrogens (tertiary/aromatic N) is 5. The van der Waals surface area contributed by atoms with E-state index in [2.05, 4.69) is 15.2 Å². The Morgan fingerprint density at radius 3 is 2.76 bits per heavy atom. The minimum Gasteiger partial charge on any atom is -0.370 e. The molecule has 1 saturated heterocycles. The Bertz CT molecular complexity index is 765. The third-order valence-corrected chi connectivity index (χ3v) is 4.72. The zero-order valence-electron chi connectivity index (χ0n) is 14.6. The van der Waals surface area contributed by atoms with Crippen LogP contribution in [-0.2, 0) is 11.3 Å². The highest BCUT2D eigenvalue weighted by Gasteiger charge is 2.21. The first-order valence-electron chi connectivity index (χ1n) is 8.54. The smallest absolute Gasteiger partial charge is 0.269 e. The van der Waals surface area contributed by atoms with E-state index in [0.717, 1.165) is 31.6 Å². The van der Waals surface area contributed by atoms with Gasteiger partial charge in [-0.15, -0.1) is 0 Å². The zero-order chi connectivity index (χ0) is 17.8. The Balaban J connectivity index is 1.67. The molecule has 1 atom stereocenters. The Kier molecular flexibility index (Phi) is 5.16. The Morgan fingerprint density at radius 1 is 1.36 bits per heavy atom. The molecule has 1 amide bonds. The SMILES string of the molecule is C[C@H](c1ccon1)N(C)C(=O)Cn1ncc(N2CCCCC2)cc1=O. The summed E-state index contributed by atoms with van der Waals surface area (Å²) in [6, 6.07) is 3.04. The maximum atomic E-state index is 12.4. The van der Waals surface area contributed by atoms with E-state index in [1.54, 1.807) is 25.4 Å². The van der Waals surface area contributed by atoms with Crippen molar-refractivity contribution in [1.29, 1.82) is 0 Å². The Morgan fingerprint density at radius 2 is 2.12 bits per heavy atom. The number of hydrogen-bond acceptors (Lipinski definition) is 6. The molecule has 25 heavy (non-hydrogen) atoms. The van der Waals surface area contributed by atoms with Gasteiger partial charge in [-0.3, -0.25) is 9.59 Å². The summed E-state index contributed by atoms with van der Waals surface area (Å²) < 4.78 is 6.01. The van der Waals surface area contributed by atoms with Gasteiger partial charge in [0.05, 0.1) is 17.9 Å². The van der Waals surface area contributed by atoms with E-state index in [9.17, 15) is 9.59 Å². The number of aromatic nitrogens is 3. The fraction of sp³-hybridized carbons (Fsp3) is 0.529. The first-order valence-corrected chi connectivity index (χ1v) is 8.54. The van der Waals surface area contributed by atoms with Crippen molar-refractivity contribution in [2.24, 2.45) is 0 Å². The first-order chi connectivity index (χ1) is 12.1. The highest BCUT2D eigenvalue weighted by Crippen LogP contribution is 2.18. The molecule has 1 fully saturated rings. The molecule has 0 N–H and O–H groups in total. The molecule has 3 rings (SSSR count). The van der Waals surface area contributed by atoms with Gasteiger partial charge in [-0.2, -0.15) is 5.10 Å². The number of likely N-dealkylation sites (N-methyl/N-ethyl adjacent to an activating group) is 1. The van der Waals surface area contributed by atoms with Crippen LogP contribution in [0.4, 0.5) is 5.69 Å². The van der Waals surface area contributed by atoms with Gasteiger partial charge < -0.3 is 14.3 Å². The quantitative estimate of drug-likeness (QED) is 0.815. The predicted octanol–water partition coefficient (Wildman–Crippen LogP) is 1.44. The number of rotatable bonds is 5. The van der Waals surface area contributed by atoms with Crippen LogP contribution >= 0.6 is 0 Å². The molecular weight excluding hydrogens is 322 g/mol. The van der Waals surface area contributed by atoms with Crippen LogP contribution in [0.2, 0.25) is 0 Å². The second-order valence-electron chi connectivity index (χ2n) is 6.36. The maximum absolute atomic E-state index is 12.4. The largest absolute Gasteiger partial charge is 0.370 e. The summed E-state index contributed by atoms with van der Waals surface area (Å²) >= 11 is 0. The minimum absolute atomic E-state index is 0.0994. The van der Waals surface area contributed by atoms with Gasteiger partial charge in [0.15, 0.2) is 0 Å². The molecular formula is C17H23N5O3. The third-order valence-electron chi connectivity index (χ3n) is 4.72. The normalized spacial score (nSPS) is 15.8. The summed E-state index contributed by atoms with van der Waals surface area (Å²) in [6.07, 6.45) is 6.63. The third kappa shape index (κ3) is 3.89. The number of piperidine rings is 1.